The van der Waals surface area contributed by atoms with Crippen molar-refractivity contribution in [3.63, 3.8) is 0 Å². The first-order valence-electron chi connectivity index (χ1n) is 3.86. The molecule has 0 radical (unpaired) electrons. The number of rotatable bonds is 1. The highest BCUT2D eigenvalue weighted by molar-refractivity contribution is 5.89. The lowest BCUT2D eigenvalue weighted by Gasteiger charge is -1.98. The largest absolute Gasteiger partial charge is 0.281 e. The van der Waals surface area contributed by atoms with Crippen molar-refractivity contribution >= 4 is 16.5 Å². The highest BCUT2D eigenvalue weighted by Gasteiger charge is 2.13. The van der Waals surface area contributed by atoms with Crippen LogP contribution < -0.4 is 0 Å². The molecule has 0 fully saturated rings. The van der Waals surface area contributed by atoms with E-state index in [0.29, 0.717) is 10.8 Å². The molecule has 0 atom stereocenters. The Morgan fingerprint density at radius 3 is 2.93 bits per heavy atom. The van der Waals surface area contributed by atoms with Gasteiger partial charge in [-0.25, -0.2) is 4.39 Å². The molecule has 4 nitrogen and oxygen atoms in total. The first-order valence-corrected chi connectivity index (χ1v) is 3.86. The first-order chi connectivity index (χ1) is 6.68. The second-order valence-electron chi connectivity index (χ2n) is 2.78. The van der Waals surface area contributed by atoms with Gasteiger partial charge in [-0.3, -0.25) is 15.1 Å². The molecular formula is C9H5FN2O2. The fourth-order valence-corrected chi connectivity index (χ4v) is 1.29. The number of nitro groups is 1. The standard InChI is InChI=1S/C9H5FN2O2/c10-7-3-6-1-2-11-5-8(6)9(4-7)12(13)14/h1-5H. The number of hydrogen-bond donors (Lipinski definition) is 0. The molecule has 5 heteroatoms. The number of nitro benzene ring substituents is 1. The van der Waals surface area contributed by atoms with Gasteiger partial charge >= 0.3 is 0 Å². The Labute approximate surface area is 78.2 Å². The Bertz CT molecular complexity index is 513. The molecule has 0 spiro atoms. The summed E-state index contributed by atoms with van der Waals surface area (Å²) in [5, 5.41) is 11.4. The maximum absolute atomic E-state index is 12.9. The van der Waals surface area contributed by atoms with E-state index < -0.39 is 10.7 Å². The van der Waals surface area contributed by atoms with Gasteiger partial charge in [-0.1, -0.05) is 0 Å². The van der Waals surface area contributed by atoms with Crippen molar-refractivity contribution in [2.45, 2.75) is 0 Å². The summed E-state index contributed by atoms with van der Waals surface area (Å²) in [5.41, 5.74) is -0.256. The van der Waals surface area contributed by atoms with E-state index in [4.69, 9.17) is 0 Å². The molecule has 70 valence electrons. The summed E-state index contributed by atoms with van der Waals surface area (Å²) < 4.78 is 12.9. The fourth-order valence-electron chi connectivity index (χ4n) is 1.29. The average molecular weight is 192 g/mol. The zero-order valence-corrected chi connectivity index (χ0v) is 6.98. The van der Waals surface area contributed by atoms with Crippen LogP contribution in [0.2, 0.25) is 0 Å². The lowest BCUT2D eigenvalue weighted by atomic mass is 10.1. The number of fused-ring (bicyclic) bond motifs is 1. The van der Waals surface area contributed by atoms with Gasteiger partial charge in [0.15, 0.2) is 0 Å². The Balaban J connectivity index is 2.87. The van der Waals surface area contributed by atoms with Crippen molar-refractivity contribution in [1.82, 2.24) is 4.98 Å². The molecule has 1 aromatic heterocycles. The number of hydrogen-bond acceptors (Lipinski definition) is 3. The molecular weight excluding hydrogens is 187 g/mol. The van der Waals surface area contributed by atoms with E-state index in [1.165, 1.54) is 24.5 Å². The van der Waals surface area contributed by atoms with Crippen LogP contribution in [0.5, 0.6) is 0 Å². The van der Waals surface area contributed by atoms with Crippen molar-refractivity contribution in [3.05, 3.63) is 46.5 Å². The summed E-state index contributed by atoms with van der Waals surface area (Å²) in [6.45, 7) is 0. The Morgan fingerprint density at radius 2 is 2.21 bits per heavy atom. The molecule has 1 aromatic carbocycles. The van der Waals surface area contributed by atoms with Crippen molar-refractivity contribution in [2.75, 3.05) is 0 Å². The summed E-state index contributed by atoms with van der Waals surface area (Å²) in [7, 11) is 0. The normalized spacial score (nSPS) is 10.4. The Morgan fingerprint density at radius 1 is 1.43 bits per heavy atom. The van der Waals surface area contributed by atoms with Gasteiger partial charge < -0.3 is 0 Å². The van der Waals surface area contributed by atoms with Gasteiger partial charge in [-0.05, 0) is 17.5 Å². The molecule has 0 saturated carbocycles. The zero-order valence-electron chi connectivity index (χ0n) is 6.98. The molecule has 0 bridgehead atoms. The topological polar surface area (TPSA) is 56.0 Å². The second-order valence-corrected chi connectivity index (χ2v) is 2.78. The van der Waals surface area contributed by atoms with Gasteiger partial charge in [0.05, 0.1) is 16.4 Å². The summed E-state index contributed by atoms with van der Waals surface area (Å²) >= 11 is 0. The maximum Gasteiger partial charge on any atom is 0.281 e. The van der Waals surface area contributed by atoms with Crippen LogP contribution in [0.3, 0.4) is 0 Å². The first kappa shape index (κ1) is 8.55. The average Bonchev–Trinajstić information content (AvgIpc) is 2.16. The molecule has 0 N–H and O–H groups in total. The number of nitrogens with zero attached hydrogens (tertiary/aromatic N) is 2. The van der Waals surface area contributed by atoms with Gasteiger partial charge in [0.2, 0.25) is 0 Å². The van der Waals surface area contributed by atoms with Crippen LogP contribution in [0.15, 0.2) is 30.6 Å². The van der Waals surface area contributed by atoms with Crippen molar-refractivity contribution in [1.29, 1.82) is 0 Å². The monoisotopic (exact) mass is 192 g/mol. The number of non-ortho nitro benzene ring substituents is 1. The minimum Gasteiger partial charge on any atom is -0.264 e. The summed E-state index contributed by atoms with van der Waals surface area (Å²) in [6, 6.07) is 3.67. The van der Waals surface area contributed by atoms with E-state index in [2.05, 4.69) is 4.98 Å². The van der Waals surface area contributed by atoms with E-state index in [1.807, 2.05) is 0 Å². The Hall–Kier alpha value is -2.04. The summed E-state index contributed by atoms with van der Waals surface area (Å²) in [5.74, 6) is -0.615. The third-order valence-corrected chi connectivity index (χ3v) is 1.90. The van der Waals surface area contributed by atoms with Crippen LogP contribution in [-0.2, 0) is 0 Å². The smallest absolute Gasteiger partial charge is 0.264 e. The molecule has 0 aliphatic rings. The highest BCUT2D eigenvalue weighted by Crippen LogP contribution is 2.25. The van der Waals surface area contributed by atoms with Crippen molar-refractivity contribution in [2.24, 2.45) is 0 Å². The van der Waals surface area contributed by atoms with Gasteiger partial charge in [0.25, 0.3) is 5.69 Å². The molecule has 2 rings (SSSR count). The predicted molar refractivity (Wildman–Crippen MR) is 48.4 cm³/mol. The van der Waals surface area contributed by atoms with E-state index in [1.54, 1.807) is 0 Å². The quantitative estimate of drug-likeness (QED) is 0.514. The maximum atomic E-state index is 12.9. The highest BCUT2D eigenvalue weighted by atomic mass is 19.1. The molecule has 1 heterocycles. The van der Waals surface area contributed by atoms with Gasteiger partial charge in [-0.2, -0.15) is 0 Å². The van der Waals surface area contributed by atoms with Crippen LogP contribution in [-0.4, -0.2) is 9.91 Å². The molecule has 0 unspecified atom stereocenters. The fraction of sp³-hybridized carbons (Fsp3) is 0. The third-order valence-electron chi connectivity index (χ3n) is 1.90. The SMILES string of the molecule is O=[N+]([O-])c1cc(F)cc2ccncc12. The molecule has 0 saturated heterocycles. The minimum atomic E-state index is -0.618. The molecule has 0 aliphatic heterocycles. The zero-order chi connectivity index (χ0) is 10.1. The lowest BCUT2D eigenvalue weighted by Crippen LogP contribution is -1.91. The van der Waals surface area contributed by atoms with E-state index >= 15 is 0 Å². The van der Waals surface area contributed by atoms with Gasteiger partial charge in [-0.15, -0.1) is 0 Å². The lowest BCUT2D eigenvalue weighted by molar-refractivity contribution is -0.383. The van der Waals surface area contributed by atoms with Crippen LogP contribution >= 0.6 is 0 Å². The third kappa shape index (κ3) is 1.28. The van der Waals surface area contributed by atoms with Crippen molar-refractivity contribution < 1.29 is 9.31 Å². The predicted octanol–water partition coefficient (Wildman–Crippen LogP) is 2.28. The number of benzene rings is 1. The molecule has 0 amide bonds. The molecule has 14 heavy (non-hydrogen) atoms. The molecule has 2 aromatic rings. The minimum absolute atomic E-state index is 0.256. The number of pyridine rings is 1. The van der Waals surface area contributed by atoms with Gasteiger partial charge in [0, 0.05) is 12.4 Å². The van der Waals surface area contributed by atoms with E-state index in [-0.39, 0.29) is 5.69 Å². The van der Waals surface area contributed by atoms with E-state index in [9.17, 15) is 14.5 Å². The van der Waals surface area contributed by atoms with Crippen LogP contribution in [0.4, 0.5) is 10.1 Å². The second kappa shape index (κ2) is 3.02. The Kier molecular flexibility index (Phi) is 1.85. The molecule has 0 aliphatic carbocycles. The summed E-state index contributed by atoms with van der Waals surface area (Å²) in [6.07, 6.45) is 2.82. The van der Waals surface area contributed by atoms with Gasteiger partial charge in [0.1, 0.15) is 5.82 Å². The van der Waals surface area contributed by atoms with E-state index in [0.717, 1.165) is 6.07 Å². The van der Waals surface area contributed by atoms with Crippen LogP contribution in [0.1, 0.15) is 0 Å². The number of halogens is 1. The number of aromatic nitrogens is 1. The van der Waals surface area contributed by atoms with Crippen LogP contribution in [0, 0.1) is 15.9 Å². The van der Waals surface area contributed by atoms with Crippen molar-refractivity contribution in [3.8, 4) is 0 Å². The summed E-state index contributed by atoms with van der Waals surface area (Å²) in [4.78, 5) is 13.7. The van der Waals surface area contributed by atoms with Crippen LogP contribution in [0.25, 0.3) is 10.8 Å².